The van der Waals surface area contributed by atoms with Crippen molar-refractivity contribution in [2.24, 2.45) is 29.6 Å². The fourth-order valence-electron chi connectivity index (χ4n) is 12.2. The molecular weight excluding hydrogens is 1270 g/mol. The van der Waals surface area contributed by atoms with Gasteiger partial charge in [0, 0.05) is 81.9 Å². The molecule has 0 saturated carbocycles. The number of aliphatic hydroxyl groups is 1. The summed E-state index contributed by atoms with van der Waals surface area (Å²) in [5, 5.41) is 22.4. The Morgan fingerprint density at radius 3 is 1.36 bits per heavy atom. The van der Waals surface area contributed by atoms with E-state index < -0.39 is 157 Å². The number of likely N-dealkylation sites (N-methyl/N-ethyl adjacent to an activating group) is 7. The molecular formula is C73H116N12O14. The van der Waals surface area contributed by atoms with E-state index in [4.69, 9.17) is 4.74 Å². The third-order valence-corrected chi connectivity index (χ3v) is 18.5. The number of nitrogens with zero attached hydrogens (tertiary/aromatic N) is 8. The summed E-state index contributed by atoms with van der Waals surface area (Å²) >= 11 is 0. The van der Waals surface area contributed by atoms with Crippen molar-refractivity contribution in [2.45, 2.75) is 201 Å². The average molecular weight is 1390 g/mol. The van der Waals surface area contributed by atoms with Crippen LogP contribution in [0.2, 0.25) is 0 Å². The van der Waals surface area contributed by atoms with Crippen LogP contribution in [0.1, 0.15) is 139 Å². The largest absolute Gasteiger partial charge is 0.391 e. The minimum absolute atomic E-state index is 0.0432. The number of ether oxygens (including phenoxy) is 1. The Labute approximate surface area is 587 Å². The molecule has 0 spiro atoms. The molecule has 2 fully saturated rings. The predicted molar refractivity (Wildman–Crippen MR) is 376 cm³/mol. The molecule has 99 heavy (non-hydrogen) atoms. The van der Waals surface area contributed by atoms with Crippen LogP contribution < -0.4 is 21.3 Å². The quantitative estimate of drug-likeness (QED) is 0.134. The highest BCUT2D eigenvalue weighted by Gasteiger charge is 2.43. The van der Waals surface area contributed by atoms with Crippen LogP contribution in [-0.2, 0) is 75.1 Å². The maximum atomic E-state index is 15.3. The summed E-state index contributed by atoms with van der Waals surface area (Å²) in [5.41, 5.74) is 1.30. The topological polar surface area (TPSA) is 308 Å². The maximum absolute atomic E-state index is 15.3. The van der Waals surface area contributed by atoms with Crippen LogP contribution in [0.3, 0.4) is 0 Å². The molecule has 0 radical (unpaired) electrons. The number of piperidine rings is 1. The Hall–Kier alpha value is -8.00. The molecule has 2 saturated heterocycles. The van der Waals surface area contributed by atoms with Crippen molar-refractivity contribution in [1.29, 1.82) is 0 Å². The van der Waals surface area contributed by atoms with Crippen molar-refractivity contribution in [3.8, 4) is 0 Å². The van der Waals surface area contributed by atoms with Gasteiger partial charge in [-0.1, -0.05) is 130 Å². The fraction of sp³-hybridized carbons (Fsp3) is 0.671. The molecule has 26 nitrogen and oxygen atoms in total. The van der Waals surface area contributed by atoms with Gasteiger partial charge in [0.1, 0.15) is 54.4 Å². The van der Waals surface area contributed by atoms with E-state index in [0.717, 1.165) is 16.2 Å². The Morgan fingerprint density at radius 1 is 0.465 bits per heavy atom. The highest BCUT2D eigenvalue weighted by molar-refractivity contribution is 6.00. The first kappa shape index (κ1) is 83.4. The van der Waals surface area contributed by atoms with Crippen molar-refractivity contribution < 1.29 is 67.4 Å². The molecule has 0 bridgehead atoms. The van der Waals surface area contributed by atoms with Crippen LogP contribution >= 0.6 is 0 Å². The van der Waals surface area contributed by atoms with E-state index in [2.05, 4.69) is 21.3 Å². The van der Waals surface area contributed by atoms with Crippen LogP contribution in [0.5, 0.6) is 0 Å². The smallest absolute Gasteiger partial charge is 0.248 e. The lowest BCUT2D eigenvalue weighted by molar-refractivity contribution is -0.151. The number of carbonyl (C=O) groups excluding carboxylic acids is 12. The van der Waals surface area contributed by atoms with E-state index in [0.29, 0.717) is 43.5 Å². The first-order valence-electron chi connectivity index (χ1n) is 35.1. The first-order valence-corrected chi connectivity index (χ1v) is 35.1. The minimum atomic E-state index is -1.66. The zero-order valence-corrected chi connectivity index (χ0v) is 62.1. The van der Waals surface area contributed by atoms with Gasteiger partial charge in [0.2, 0.25) is 70.9 Å². The van der Waals surface area contributed by atoms with E-state index in [1.165, 1.54) is 80.8 Å². The molecule has 2 heterocycles. The summed E-state index contributed by atoms with van der Waals surface area (Å²) in [6, 6.07) is 5.39. The summed E-state index contributed by atoms with van der Waals surface area (Å²) < 4.78 is 6.10. The molecule has 10 atom stereocenters. The number of aliphatic hydroxyl groups excluding tert-OH is 1. The van der Waals surface area contributed by atoms with Gasteiger partial charge in [-0.05, 0) is 92.6 Å². The highest BCUT2D eigenvalue weighted by Crippen LogP contribution is 2.23. The van der Waals surface area contributed by atoms with Gasteiger partial charge in [0.15, 0.2) is 0 Å². The molecule has 26 heteroatoms. The molecule has 2 aromatic carbocycles. The van der Waals surface area contributed by atoms with Gasteiger partial charge >= 0.3 is 0 Å². The van der Waals surface area contributed by atoms with Crippen molar-refractivity contribution in [1.82, 2.24) is 60.5 Å². The molecule has 552 valence electrons. The number of likely N-dealkylation sites (tertiary alicyclic amines) is 1. The van der Waals surface area contributed by atoms with Crippen LogP contribution in [0.25, 0.3) is 0 Å². The number of benzene rings is 2. The van der Waals surface area contributed by atoms with Crippen LogP contribution in [0.4, 0.5) is 0 Å². The van der Waals surface area contributed by atoms with Crippen molar-refractivity contribution in [3.63, 3.8) is 0 Å². The lowest BCUT2D eigenvalue weighted by Gasteiger charge is -2.37. The van der Waals surface area contributed by atoms with E-state index in [1.807, 2.05) is 55.4 Å². The SMILES string of the molecule is CC(C)CCOCC1NC(=O)[C@H](CC(C)C)N(C)C(=O)[C@H](Cc2ccccc2)N(C)C(=O)CN(C)C(=O)[C@H]([C@@H](C)O)NC(=O)[C@H](CC(C)C)N(C)C(=O)[C@H](C(C)C)NC(=O)[C@H](Cc2ccccc2)N(C)C(=O)CN(C)C(=O)C[C@@H](C(=O)N2CCCCC2)NC(=O)[C@H](CC(C)C)N(C)C1=O. The second kappa shape index (κ2) is 39.7. The van der Waals surface area contributed by atoms with E-state index in [-0.39, 0.29) is 69.0 Å². The number of rotatable bonds is 18. The Balaban J connectivity index is 1.95. The maximum Gasteiger partial charge on any atom is 0.248 e. The Morgan fingerprint density at radius 2 is 0.889 bits per heavy atom. The average Bonchev–Trinajstić information content (AvgIpc) is 0.829. The first-order chi connectivity index (χ1) is 46.5. The van der Waals surface area contributed by atoms with Crippen LogP contribution in [0.15, 0.2) is 60.7 Å². The molecule has 0 aromatic heterocycles. The molecule has 4 rings (SSSR count). The van der Waals surface area contributed by atoms with Gasteiger partial charge in [0.05, 0.1) is 32.2 Å². The van der Waals surface area contributed by atoms with Gasteiger partial charge in [-0.25, -0.2) is 0 Å². The van der Waals surface area contributed by atoms with Crippen LogP contribution in [0, 0.1) is 29.6 Å². The second-order valence-corrected chi connectivity index (χ2v) is 29.1. The summed E-state index contributed by atoms with van der Waals surface area (Å²) in [6.07, 6.45) is 0.760. The fourth-order valence-corrected chi connectivity index (χ4v) is 12.2. The number of carbonyl (C=O) groups is 12. The minimum Gasteiger partial charge on any atom is -0.391 e. The van der Waals surface area contributed by atoms with Crippen LogP contribution in [-0.4, -0.2) is 264 Å². The second-order valence-electron chi connectivity index (χ2n) is 29.1. The zero-order valence-electron chi connectivity index (χ0n) is 62.1. The molecule has 2 aliphatic rings. The predicted octanol–water partition coefficient (Wildman–Crippen LogP) is 3.12. The number of hydrogen-bond acceptors (Lipinski definition) is 14. The standard InChI is InChI=1S/C73H116N12O14/c1-45(2)32-35-99-44-54-69(94)82(16)55(36-46(3)4)65(90)74-53(70(95)85-33-26-21-27-34-85)41-60(87)78(12)42-61(88)80(14)58(39-51-28-22-19-23-29-51)68(93)76-63(49(9)10)73(98)84(18)57(38-48(7)8)67(92)77-64(50(11)86)72(97)79(13)43-62(89)81(15)59(40-52-30-24-20-25-31-52)71(96)83(17)56(37-47(5)6)66(91)75-54/h19-20,22-25,28-31,45-50,53-59,63-64,86H,21,26-27,32-44H2,1-18H3,(H,74,90)(H,75,91)(H,76,93)(H,77,92)/t50-,53+,54?,55+,56+,57+,58+,59+,63+,64+/m1/s1. The number of amides is 12. The van der Waals surface area contributed by atoms with Crippen molar-refractivity contribution >= 4 is 70.9 Å². The molecule has 2 aromatic rings. The molecule has 2 aliphatic heterocycles. The normalized spacial score (nSPS) is 24.5. The number of hydrogen-bond donors (Lipinski definition) is 5. The summed E-state index contributed by atoms with van der Waals surface area (Å²) in [7, 11) is 9.66. The monoisotopic (exact) mass is 1380 g/mol. The molecule has 1 unspecified atom stereocenters. The molecule has 0 aliphatic carbocycles. The lowest BCUT2D eigenvalue weighted by atomic mass is 9.97. The summed E-state index contributed by atoms with van der Waals surface area (Å²) in [6.45, 7) is 19.0. The van der Waals surface area contributed by atoms with Crippen molar-refractivity contribution in [2.75, 3.05) is 88.7 Å². The molecule has 5 N–H and O–H groups in total. The molecule has 12 amide bonds. The number of nitrogens with one attached hydrogen (secondary N) is 4. The zero-order chi connectivity index (χ0) is 74.3. The van der Waals surface area contributed by atoms with Gasteiger partial charge in [-0.2, -0.15) is 0 Å². The highest BCUT2D eigenvalue weighted by atomic mass is 16.5. The summed E-state index contributed by atoms with van der Waals surface area (Å²) in [5.74, 6) is -9.84. The Kier molecular flexibility index (Phi) is 33.5. The third kappa shape index (κ3) is 25.0. The summed E-state index contributed by atoms with van der Waals surface area (Å²) in [4.78, 5) is 188. The van der Waals surface area contributed by atoms with Gasteiger partial charge in [-0.15, -0.1) is 0 Å². The van der Waals surface area contributed by atoms with E-state index in [1.54, 1.807) is 79.4 Å². The Bertz CT molecular complexity index is 3030. The lowest BCUT2D eigenvalue weighted by Crippen LogP contribution is -2.62. The van der Waals surface area contributed by atoms with Gasteiger partial charge in [0.25, 0.3) is 0 Å². The van der Waals surface area contributed by atoms with Gasteiger partial charge in [-0.3, -0.25) is 57.5 Å². The van der Waals surface area contributed by atoms with E-state index in [9.17, 15) is 43.5 Å². The van der Waals surface area contributed by atoms with Gasteiger partial charge < -0.3 is 70.3 Å². The third-order valence-electron chi connectivity index (χ3n) is 18.5. The van der Waals surface area contributed by atoms with E-state index >= 15 is 19.2 Å². The van der Waals surface area contributed by atoms with Crippen molar-refractivity contribution in [3.05, 3.63) is 71.8 Å².